The van der Waals surface area contributed by atoms with E-state index in [1.165, 1.54) is 35.0 Å². The number of halogens is 1. The van der Waals surface area contributed by atoms with Gasteiger partial charge in [-0.25, -0.2) is 9.78 Å². The first-order chi connectivity index (χ1) is 14.9. The minimum Gasteiger partial charge on any atom is -0.505 e. The molecule has 0 radical (unpaired) electrons. The third kappa shape index (κ3) is 6.31. The van der Waals surface area contributed by atoms with E-state index < -0.39 is 11.9 Å². The number of carbonyl (C=O) groups is 2. The van der Waals surface area contributed by atoms with Crippen LogP contribution >= 0.6 is 11.6 Å². The predicted molar refractivity (Wildman–Crippen MR) is 117 cm³/mol. The van der Waals surface area contributed by atoms with E-state index >= 15 is 0 Å². The van der Waals surface area contributed by atoms with Crippen LogP contribution in [0.3, 0.4) is 0 Å². The number of aromatic nitrogens is 2. The number of pyridine rings is 2. The van der Waals surface area contributed by atoms with E-state index in [2.05, 4.69) is 20.9 Å². The Morgan fingerprint density at radius 2 is 1.77 bits per heavy atom. The quantitative estimate of drug-likeness (QED) is 0.418. The summed E-state index contributed by atoms with van der Waals surface area (Å²) in [5, 5.41) is 18.0. The molecule has 0 aliphatic heterocycles. The van der Waals surface area contributed by atoms with Crippen LogP contribution in [0, 0.1) is 0 Å². The molecule has 160 valence electrons. The van der Waals surface area contributed by atoms with E-state index in [0.717, 1.165) is 5.56 Å². The summed E-state index contributed by atoms with van der Waals surface area (Å²) in [6, 6.07) is 12.4. The third-order valence-corrected chi connectivity index (χ3v) is 4.46. The number of carbonyl (C=O) groups excluding carboxylic acids is 2. The van der Waals surface area contributed by atoms with Gasteiger partial charge in [-0.1, -0.05) is 23.7 Å². The van der Waals surface area contributed by atoms with E-state index in [-0.39, 0.29) is 30.1 Å². The lowest BCUT2D eigenvalue weighted by molar-refractivity contribution is 0.0946. The Labute approximate surface area is 182 Å². The van der Waals surface area contributed by atoms with Crippen LogP contribution in [0.25, 0.3) is 0 Å². The molecule has 0 atom stereocenters. The summed E-state index contributed by atoms with van der Waals surface area (Å²) in [6.45, 7) is 0.619. The van der Waals surface area contributed by atoms with E-state index in [1.54, 1.807) is 18.3 Å². The molecule has 1 aromatic carbocycles. The summed E-state index contributed by atoms with van der Waals surface area (Å²) in [4.78, 5) is 39.9. The number of rotatable bonds is 7. The number of nitrogens with zero attached hydrogens (tertiary/aromatic N) is 2. The molecular weight excluding hydrogens is 422 g/mol. The van der Waals surface area contributed by atoms with Crippen LogP contribution < -0.4 is 21.5 Å². The maximum atomic E-state index is 12.1. The van der Waals surface area contributed by atoms with Crippen LogP contribution in [0.4, 0.5) is 10.5 Å². The average Bonchev–Trinajstić information content (AvgIpc) is 2.75. The van der Waals surface area contributed by atoms with E-state index in [1.807, 2.05) is 12.1 Å². The molecule has 3 aromatic rings. The number of benzene rings is 1. The van der Waals surface area contributed by atoms with Gasteiger partial charge in [0.1, 0.15) is 5.75 Å². The summed E-state index contributed by atoms with van der Waals surface area (Å²) >= 11 is 5.88. The van der Waals surface area contributed by atoms with Gasteiger partial charge in [0.05, 0.1) is 12.2 Å². The van der Waals surface area contributed by atoms with Gasteiger partial charge in [0.25, 0.3) is 11.5 Å². The van der Waals surface area contributed by atoms with E-state index in [4.69, 9.17) is 11.6 Å². The molecule has 0 aliphatic rings. The summed E-state index contributed by atoms with van der Waals surface area (Å²) in [5.41, 5.74) is 1.03. The smallest absolute Gasteiger partial charge is 0.319 e. The molecule has 2 heterocycles. The van der Waals surface area contributed by atoms with Crippen LogP contribution in [0.5, 0.6) is 5.75 Å². The molecule has 0 bridgehead atoms. The summed E-state index contributed by atoms with van der Waals surface area (Å²) in [5.74, 6) is -0.769. The predicted octanol–water partition coefficient (Wildman–Crippen LogP) is 2.20. The van der Waals surface area contributed by atoms with Crippen molar-refractivity contribution in [3.63, 3.8) is 0 Å². The van der Waals surface area contributed by atoms with Crippen molar-refractivity contribution in [1.82, 2.24) is 20.2 Å². The Balaban J connectivity index is 1.49. The lowest BCUT2D eigenvalue weighted by Crippen LogP contribution is -2.37. The Bertz CT molecular complexity index is 1130. The standard InChI is InChI=1S/C21H20ClN5O4/c22-15-5-3-14(4-6-15)12-27-13-16(7-8-18(27)29)26-21(31)25-11-10-24-20(30)19-17(28)2-1-9-23-19/h1-9,13,28H,10-12H2,(H,24,30)(H2,25,26,31). The minimum absolute atomic E-state index is 0.0881. The first kappa shape index (κ1) is 21.8. The van der Waals surface area contributed by atoms with Crippen molar-refractivity contribution < 1.29 is 14.7 Å². The van der Waals surface area contributed by atoms with Crippen LogP contribution in [-0.2, 0) is 6.54 Å². The zero-order valence-corrected chi connectivity index (χ0v) is 17.1. The number of urea groups is 1. The minimum atomic E-state index is -0.547. The molecule has 0 aliphatic carbocycles. The highest BCUT2D eigenvalue weighted by atomic mass is 35.5. The molecule has 0 spiro atoms. The van der Waals surface area contributed by atoms with Crippen LogP contribution in [0.2, 0.25) is 5.02 Å². The topological polar surface area (TPSA) is 125 Å². The summed E-state index contributed by atoms with van der Waals surface area (Å²) < 4.78 is 1.47. The van der Waals surface area contributed by atoms with Gasteiger partial charge in [0, 0.05) is 36.6 Å². The molecule has 9 nitrogen and oxygen atoms in total. The van der Waals surface area contributed by atoms with Crippen molar-refractivity contribution in [1.29, 1.82) is 0 Å². The second-order valence-electron chi connectivity index (χ2n) is 6.52. The van der Waals surface area contributed by atoms with Gasteiger partial charge in [-0.15, -0.1) is 0 Å². The number of nitrogens with one attached hydrogen (secondary N) is 3. The SMILES string of the molecule is O=C(NCCNC(=O)c1ncccc1O)Nc1ccc(=O)n(Cc2ccc(Cl)cc2)c1. The Morgan fingerprint density at radius 1 is 1.03 bits per heavy atom. The number of amides is 3. The van der Waals surface area contributed by atoms with Crippen molar-refractivity contribution in [2.45, 2.75) is 6.54 Å². The second-order valence-corrected chi connectivity index (χ2v) is 6.95. The Kier molecular flexibility index (Phi) is 7.23. The first-order valence-corrected chi connectivity index (χ1v) is 9.72. The highest BCUT2D eigenvalue weighted by Crippen LogP contribution is 2.12. The van der Waals surface area contributed by atoms with Crippen LogP contribution in [0.15, 0.2) is 65.7 Å². The lowest BCUT2D eigenvalue weighted by atomic mass is 10.2. The fraction of sp³-hybridized carbons (Fsp3) is 0.143. The largest absolute Gasteiger partial charge is 0.505 e. The van der Waals surface area contributed by atoms with Crippen molar-refractivity contribution in [2.75, 3.05) is 18.4 Å². The lowest BCUT2D eigenvalue weighted by Gasteiger charge is -2.11. The molecule has 4 N–H and O–H groups in total. The molecule has 3 amide bonds. The van der Waals surface area contributed by atoms with Crippen molar-refractivity contribution >= 4 is 29.2 Å². The summed E-state index contributed by atoms with van der Waals surface area (Å²) in [7, 11) is 0. The molecule has 2 aromatic heterocycles. The molecule has 0 saturated carbocycles. The zero-order valence-electron chi connectivity index (χ0n) is 16.3. The monoisotopic (exact) mass is 441 g/mol. The highest BCUT2D eigenvalue weighted by molar-refractivity contribution is 6.30. The van der Waals surface area contributed by atoms with Crippen molar-refractivity contribution in [3.05, 3.63) is 87.6 Å². The fourth-order valence-corrected chi connectivity index (χ4v) is 2.82. The Hall–Kier alpha value is -3.85. The molecule has 3 rings (SSSR count). The molecular formula is C21H20ClN5O4. The molecule has 0 fully saturated rings. The van der Waals surface area contributed by atoms with Gasteiger partial charge >= 0.3 is 6.03 Å². The van der Waals surface area contributed by atoms with Crippen LogP contribution in [0.1, 0.15) is 16.1 Å². The number of anilines is 1. The average molecular weight is 442 g/mol. The van der Waals surface area contributed by atoms with Crippen molar-refractivity contribution in [3.8, 4) is 5.75 Å². The van der Waals surface area contributed by atoms with Crippen LogP contribution in [-0.4, -0.2) is 39.7 Å². The van der Waals surface area contributed by atoms with E-state index in [9.17, 15) is 19.5 Å². The number of hydrogen-bond acceptors (Lipinski definition) is 5. The van der Waals surface area contributed by atoms with Crippen molar-refractivity contribution in [2.24, 2.45) is 0 Å². The normalized spacial score (nSPS) is 10.4. The molecule has 0 unspecified atom stereocenters. The van der Waals surface area contributed by atoms with Gasteiger partial charge in [-0.2, -0.15) is 0 Å². The number of aromatic hydroxyl groups is 1. The van der Waals surface area contributed by atoms with E-state index in [0.29, 0.717) is 17.3 Å². The second kappa shape index (κ2) is 10.3. The van der Waals surface area contributed by atoms with Gasteiger partial charge in [0.2, 0.25) is 0 Å². The first-order valence-electron chi connectivity index (χ1n) is 9.34. The fourth-order valence-electron chi connectivity index (χ4n) is 2.70. The maximum absolute atomic E-state index is 12.1. The van der Waals surface area contributed by atoms with Gasteiger partial charge in [-0.05, 0) is 35.9 Å². The molecule has 10 heteroatoms. The Morgan fingerprint density at radius 3 is 2.52 bits per heavy atom. The third-order valence-electron chi connectivity index (χ3n) is 4.21. The maximum Gasteiger partial charge on any atom is 0.319 e. The highest BCUT2D eigenvalue weighted by Gasteiger charge is 2.11. The number of hydrogen-bond donors (Lipinski definition) is 4. The van der Waals surface area contributed by atoms with Gasteiger partial charge in [-0.3, -0.25) is 9.59 Å². The van der Waals surface area contributed by atoms with Gasteiger partial charge < -0.3 is 25.6 Å². The molecule has 0 saturated heterocycles. The zero-order chi connectivity index (χ0) is 22.2. The van der Waals surface area contributed by atoms with Gasteiger partial charge in [0.15, 0.2) is 5.69 Å². The molecule has 31 heavy (non-hydrogen) atoms. The summed E-state index contributed by atoms with van der Waals surface area (Å²) in [6.07, 6.45) is 2.94.